The molecule has 3 fully saturated rings. The maximum Gasteiger partial charge on any atom is 0.263 e. The summed E-state index contributed by atoms with van der Waals surface area (Å²) in [5.41, 5.74) is 0.289. The maximum atomic E-state index is 15.2. The van der Waals surface area contributed by atoms with Crippen LogP contribution in [0, 0.1) is 11.7 Å². The molecule has 0 bridgehead atoms. The topological polar surface area (TPSA) is 99.3 Å². The van der Waals surface area contributed by atoms with Crippen LogP contribution in [0.25, 0.3) is 0 Å². The Morgan fingerprint density at radius 3 is 2.15 bits per heavy atom. The summed E-state index contributed by atoms with van der Waals surface area (Å²) in [6.07, 6.45) is 2.86. The molecule has 0 radical (unpaired) electrons. The van der Waals surface area contributed by atoms with E-state index in [-0.39, 0.29) is 33.4 Å². The molecule has 12 heteroatoms. The Labute approximate surface area is 231 Å². The molecule has 3 aliphatic rings. The number of hydrogen-bond acceptors (Lipinski definition) is 7. The van der Waals surface area contributed by atoms with Crippen molar-refractivity contribution in [2.75, 3.05) is 55.4 Å². The van der Waals surface area contributed by atoms with Crippen molar-refractivity contribution in [2.45, 2.75) is 55.1 Å². The van der Waals surface area contributed by atoms with Gasteiger partial charge in [0.15, 0.2) is 0 Å². The quantitative estimate of drug-likeness (QED) is 0.511. The third-order valence-corrected chi connectivity index (χ3v) is 11.3. The first-order valence-electron chi connectivity index (χ1n) is 13.6. The molecular formula is C27H37FN4O5S2. The summed E-state index contributed by atoms with van der Waals surface area (Å²) in [5, 5.41) is 0. The summed E-state index contributed by atoms with van der Waals surface area (Å²) in [7, 11) is -8.29. The van der Waals surface area contributed by atoms with E-state index in [9.17, 15) is 16.8 Å². The minimum atomic E-state index is -4.33. The lowest BCUT2D eigenvalue weighted by Crippen LogP contribution is -2.48. The van der Waals surface area contributed by atoms with Gasteiger partial charge in [-0.3, -0.25) is 9.62 Å². The number of nitrogens with one attached hydrogen (secondary N) is 1. The van der Waals surface area contributed by atoms with Crippen molar-refractivity contribution in [1.29, 1.82) is 0 Å². The van der Waals surface area contributed by atoms with Crippen LogP contribution in [-0.2, 0) is 24.8 Å². The fourth-order valence-electron chi connectivity index (χ4n) is 5.81. The van der Waals surface area contributed by atoms with Gasteiger partial charge >= 0.3 is 0 Å². The average molecular weight is 581 g/mol. The van der Waals surface area contributed by atoms with Gasteiger partial charge in [0.05, 0.1) is 23.6 Å². The number of morpholine rings is 1. The van der Waals surface area contributed by atoms with Gasteiger partial charge < -0.3 is 9.64 Å². The van der Waals surface area contributed by atoms with Gasteiger partial charge in [0, 0.05) is 45.8 Å². The molecule has 9 nitrogen and oxygen atoms in total. The zero-order valence-electron chi connectivity index (χ0n) is 22.4. The number of benzene rings is 2. The molecule has 1 N–H and O–H groups in total. The maximum absolute atomic E-state index is 15.2. The van der Waals surface area contributed by atoms with Gasteiger partial charge in [0.2, 0.25) is 10.0 Å². The van der Waals surface area contributed by atoms with E-state index in [1.165, 1.54) is 46.8 Å². The first-order valence-corrected chi connectivity index (χ1v) is 16.5. The van der Waals surface area contributed by atoms with Crippen LogP contribution in [-0.4, -0.2) is 84.1 Å². The number of nitrogens with zero attached hydrogens (tertiary/aromatic N) is 3. The number of anilines is 2. The van der Waals surface area contributed by atoms with Crippen molar-refractivity contribution in [3.05, 3.63) is 48.3 Å². The second-order valence-corrected chi connectivity index (χ2v) is 14.4. The lowest BCUT2D eigenvalue weighted by Gasteiger charge is -2.40. The van der Waals surface area contributed by atoms with E-state index in [0.29, 0.717) is 32.1 Å². The van der Waals surface area contributed by atoms with E-state index in [4.69, 9.17) is 4.74 Å². The van der Waals surface area contributed by atoms with Crippen molar-refractivity contribution in [3.8, 4) is 0 Å². The molecule has 2 aromatic carbocycles. The SMILES string of the molecule is C[C@@H]1CN(CC2CCN(c3c(F)cccc3NS(=O)(=O)c3ccccc3S(=O)(=O)N3CCC3)CC2)C[C@H](C)O1. The summed E-state index contributed by atoms with van der Waals surface area (Å²) in [6.45, 7) is 8.85. The summed E-state index contributed by atoms with van der Waals surface area (Å²) >= 11 is 0. The minimum absolute atomic E-state index is 0.0976. The van der Waals surface area contributed by atoms with Crippen molar-refractivity contribution in [1.82, 2.24) is 9.21 Å². The van der Waals surface area contributed by atoms with E-state index in [1.807, 2.05) is 4.90 Å². The number of rotatable bonds is 8. The molecule has 2 aromatic rings. The zero-order chi connectivity index (χ0) is 27.8. The fourth-order valence-corrected chi connectivity index (χ4v) is 9.20. The number of ether oxygens (including phenoxy) is 1. The summed E-state index contributed by atoms with van der Waals surface area (Å²) in [4.78, 5) is 3.70. The van der Waals surface area contributed by atoms with Gasteiger partial charge in [-0.05, 0) is 63.3 Å². The Bertz CT molecular complexity index is 1380. The average Bonchev–Trinajstić information content (AvgIpc) is 2.83. The molecule has 5 rings (SSSR count). The van der Waals surface area contributed by atoms with Gasteiger partial charge in [0.1, 0.15) is 15.6 Å². The number of piperidine rings is 1. The number of para-hydroxylation sites is 1. The number of sulfonamides is 2. The second kappa shape index (κ2) is 11.3. The smallest absolute Gasteiger partial charge is 0.263 e. The van der Waals surface area contributed by atoms with Crippen molar-refractivity contribution >= 4 is 31.4 Å². The van der Waals surface area contributed by atoms with Crippen molar-refractivity contribution in [2.24, 2.45) is 5.92 Å². The highest BCUT2D eigenvalue weighted by Crippen LogP contribution is 2.35. The Kier molecular flexibility index (Phi) is 8.21. The molecule has 3 heterocycles. The standard InChI is InChI=1S/C27H37FN4O5S2/c1-20-17-30(18-21(2)37-20)19-22-11-15-31(16-12-22)27-23(28)7-5-8-24(27)29-38(33,34)25-9-3-4-10-26(25)39(35,36)32-13-6-14-32/h3-5,7-10,20-22,29H,6,11-19H2,1-2H3/t20-,21+. The van der Waals surface area contributed by atoms with Crippen LogP contribution in [0.3, 0.4) is 0 Å². The normalized spacial score (nSPS) is 23.9. The van der Waals surface area contributed by atoms with Crippen molar-refractivity contribution in [3.63, 3.8) is 0 Å². The lowest BCUT2D eigenvalue weighted by atomic mass is 9.95. The third kappa shape index (κ3) is 6.09. The molecule has 2 atom stereocenters. The molecule has 39 heavy (non-hydrogen) atoms. The van der Waals surface area contributed by atoms with E-state index in [1.54, 1.807) is 0 Å². The van der Waals surface area contributed by atoms with Gasteiger partial charge in [0.25, 0.3) is 10.0 Å². The zero-order valence-corrected chi connectivity index (χ0v) is 24.1. The Balaban J connectivity index is 1.33. The Morgan fingerprint density at radius 1 is 0.897 bits per heavy atom. The summed E-state index contributed by atoms with van der Waals surface area (Å²) in [5.74, 6) is -0.0600. The van der Waals surface area contributed by atoms with E-state index in [2.05, 4.69) is 23.5 Å². The first kappa shape index (κ1) is 28.3. The second-order valence-electron chi connectivity index (χ2n) is 10.9. The Morgan fingerprint density at radius 2 is 1.54 bits per heavy atom. The number of halogens is 1. The van der Waals surface area contributed by atoms with E-state index >= 15 is 4.39 Å². The van der Waals surface area contributed by atoms with Gasteiger partial charge in [-0.25, -0.2) is 21.2 Å². The van der Waals surface area contributed by atoms with Crippen LogP contribution in [0.15, 0.2) is 52.3 Å². The van der Waals surface area contributed by atoms with Gasteiger partial charge in [-0.1, -0.05) is 18.2 Å². The molecule has 3 saturated heterocycles. The minimum Gasteiger partial charge on any atom is -0.373 e. The molecule has 0 unspecified atom stereocenters. The highest BCUT2D eigenvalue weighted by molar-refractivity contribution is 7.94. The first-order chi connectivity index (χ1) is 18.5. The third-order valence-electron chi connectivity index (χ3n) is 7.75. The molecular weight excluding hydrogens is 543 g/mol. The monoisotopic (exact) mass is 580 g/mol. The van der Waals surface area contributed by atoms with Crippen molar-refractivity contribution < 1.29 is 26.0 Å². The van der Waals surface area contributed by atoms with E-state index in [0.717, 1.165) is 38.9 Å². The summed E-state index contributed by atoms with van der Waals surface area (Å²) in [6, 6.07) is 9.84. The van der Waals surface area contributed by atoms with Crippen LogP contribution in [0.1, 0.15) is 33.1 Å². The fraction of sp³-hybridized carbons (Fsp3) is 0.556. The van der Waals surface area contributed by atoms with Crippen LogP contribution in [0.2, 0.25) is 0 Å². The van der Waals surface area contributed by atoms with E-state index < -0.39 is 25.9 Å². The van der Waals surface area contributed by atoms with Gasteiger partial charge in [-0.2, -0.15) is 4.31 Å². The predicted octanol–water partition coefficient (Wildman–Crippen LogP) is 3.35. The predicted molar refractivity (Wildman–Crippen MR) is 148 cm³/mol. The molecule has 0 amide bonds. The molecule has 3 aliphatic heterocycles. The highest BCUT2D eigenvalue weighted by atomic mass is 32.2. The van der Waals surface area contributed by atoms with Crippen LogP contribution in [0.5, 0.6) is 0 Å². The largest absolute Gasteiger partial charge is 0.373 e. The molecule has 0 saturated carbocycles. The van der Waals surface area contributed by atoms with Crippen LogP contribution < -0.4 is 9.62 Å². The number of hydrogen-bond donors (Lipinski definition) is 1. The van der Waals surface area contributed by atoms with Crippen LogP contribution in [0.4, 0.5) is 15.8 Å². The molecule has 0 aromatic heterocycles. The molecule has 0 aliphatic carbocycles. The van der Waals surface area contributed by atoms with Crippen LogP contribution >= 0.6 is 0 Å². The molecule has 0 spiro atoms. The lowest BCUT2D eigenvalue weighted by molar-refractivity contribution is -0.0720. The Hall–Kier alpha value is -2.25. The highest BCUT2D eigenvalue weighted by Gasteiger charge is 2.35. The van der Waals surface area contributed by atoms with Gasteiger partial charge in [-0.15, -0.1) is 0 Å². The molecule has 214 valence electrons. The summed E-state index contributed by atoms with van der Waals surface area (Å²) < 4.78 is 78.0.